The molecule has 0 heterocycles. The van der Waals surface area contributed by atoms with Gasteiger partial charge in [-0.15, -0.1) is 0 Å². The zero-order valence-electron chi connectivity index (χ0n) is 7.74. The van der Waals surface area contributed by atoms with Crippen LogP contribution < -0.4 is 0 Å². The molecule has 4 unspecified atom stereocenters. The molecule has 4 aliphatic carbocycles. The average molecular weight is 177 g/mol. The predicted molar refractivity (Wildman–Crippen MR) is 48.7 cm³/mol. The van der Waals surface area contributed by atoms with Gasteiger partial charge >= 0.3 is 0 Å². The number of nitrogens with zero attached hydrogens (tertiary/aromatic N) is 1. The number of oxime groups is 1. The third kappa shape index (κ3) is 0.598. The molecule has 0 saturated heterocycles. The average Bonchev–Trinajstić information content (AvgIpc) is 2.76. The highest BCUT2D eigenvalue weighted by molar-refractivity contribution is 5.90. The van der Waals surface area contributed by atoms with Crippen molar-refractivity contribution in [1.82, 2.24) is 0 Å². The summed E-state index contributed by atoms with van der Waals surface area (Å²) < 4.78 is 0. The van der Waals surface area contributed by atoms with E-state index in [1.807, 2.05) is 0 Å². The normalized spacial score (nSPS) is 56.8. The maximum Gasteiger partial charge on any atom is 0.0607 e. The molecular formula is C11H15NO. The number of hydrogen-bond donors (Lipinski definition) is 1. The maximum absolute atomic E-state index is 8.85. The van der Waals surface area contributed by atoms with Gasteiger partial charge in [0.1, 0.15) is 0 Å². The SMILES string of the molecule is O/N=C1\CC2CC1C1CC3(CC3)C21. The first-order chi connectivity index (χ1) is 6.34. The molecule has 0 aromatic carbocycles. The fraction of sp³-hybridized carbons (Fsp3) is 0.909. The topological polar surface area (TPSA) is 32.6 Å². The Bertz CT molecular complexity index is 303. The van der Waals surface area contributed by atoms with Crippen molar-refractivity contribution in [3.05, 3.63) is 0 Å². The van der Waals surface area contributed by atoms with E-state index in [9.17, 15) is 0 Å². The lowest BCUT2D eigenvalue weighted by Crippen LogP contribution is -2.45. The zero-order valence-corrected chi connectivity index (χ0v) is 7.74. The number of rotatable bonds is 0. The Morgan fingerprint density at radius 3 is 2.85 bits per heavy atom. The van der Waals surface area contributed by atoms with Crippen molar-refractivity contribution in [2.75, 3.05) is 0 Å². The Kier molecular flexibility index (Phi) is 0.946. The second-order valence-electron chi connectivity index (χ2n) is 5.65. The van der Waals surface area contributed by atoms with Crippen LogP contribution in [-0.2, 0) is 0 Å². The van der Waals surface area contributed by atoms with Gasteiger partial charge in [-0.05, 0) is 55.3 Å². The molecule has 4 saturated carbocycles. The van der Waals surface area contributed by atoms with Crippen molar-refractivity contribution in [2.45, 2.75) is 32.1 Å². The molecule has 70 valence electrons. The van der Waals surface area contributed by atoms with Crippen molar-refractivity contribution in [2.24, 2.45) is 34.2 Å². The minimum atomic E-state index is 0.686. The summed E-state index contributed by atoms with van der Waals surface area (Å²) in [5.41, 5.74) is 1.95. The van der Waals surface area contributed by atoms with Gasteiger partial charge in [-0.2, -0.15) is 0 Å². The van der Waals surface area contributed by atoms with Crippen molar-refractivity contribution in [3.8, 4) is 0 Å². The minimum Gasteiger partial charge on any atom is -0.411 e. The lowest BCUT2D eigenvalue weighted by molar-refractivity contribution is 0.0265. The highest BCUT2D eigenvalue weighted by Crippen LogP contribution is 2.76. The van der Waals surface area contributed by atoms with E-state index in [1.165, 1.54) is 25.7 Å². The third-order valence-electron chi connectivity index (χ3n) is 5.31. The third-order valence-corrected chi connectivity index (χ3v) is 5.31. The molecule has 4 aliphatic rings. The molecule has 4 atom stereocenters. The Labute approximate surface area is 78.0 Å². The van der Waals surface area contributed by atoms with Gasteiger partial charge in [0.25, 0.3) is 0 Å². The van der Waals surface area contributed by atoms with Crippen LogP contribution in [0, 0.1) is 29.1 Å². The van der Waals surface area contributed by atoms with Crippen molar-refractivity contribution >= 4 is 5.71 Å². The molecule has 0 aliphatic heterocycles. The van der Waals surface area contributed by atoms with Crippen LogP contribution in [0.2, 0.25) is 0 Å². The van der Waals surface area contributed by atoms with Crippen LogP contribution >= 0.6 is 0 Å². The molecule has 4 fully saturated rings. The molecule has 1 spiro atoms. The molecule has 1 N–H and O–H groups in total. The van der Waals surface area contributed by atoms with Gasteiger partial charge < -0.3 is 5.21 Å². The molecule has 0 aromatic rings. The fourth-order valence-corrected chi connectivity index (χ4v) is 4.74. The monoisotopic (exact) mass is 177 g/mol. The largest absolute Gasteiger partial charge is 0.411 e. The zero-order chi connectivity index (χ0) is 8.63. The Morgan fingerprint density at radius 1 is 1.38 bits per heavy atom. The highest BCUT2D eigenvalue weighted by atomic mass is 16.4. The predicted octanol–water partition coefficient (Wildman–Crippen LogP) is 2.27. The smallest absolute Gasteiger partial charge is 0.0607 e. The van der Waals surface area contributed by atoms with Crippen LogP contribution in [0.1, 0.15) is 32.1 Å². The standard InChI is InChI=1S/C11H15NO/c13-12-9-4-6-3-7(9)8-5-11(1-2-11)10(6)8/h6-8,10,13H,1-5H2/b12-9+. The van der Waals surface area contributed by atoms with Crippen LogP contribution in [0.5, 0.6) is 0 Å². The maximum atomic E-state index is 8.85. The fourth-order valence-electron chi connectivity index (χ4n) is 4.74. The van der Waals surface area contributed by atoms with E-state index >= 15 is 0 Å². The summed E-state index contributed by atoms with van der Waals surface area (Å²) in [4.78, 5) is 0. The minimum absolute atomic E-state index is 0.686. The molecule has 0 amide bonds. The molecule has 0 aromatic heterocycles. The van der Waals surface area contributed by atoms with Gasteiger partial charge in [0, 0.05) is 5.92 Å². The van der Waals surface area contributed by atoms with E-state index in [4.69, 9.17) is 5.21 Å². The van der Waals surface area contributed by atoms with Crippen LogP contribution in [0.15, 0.2) is 5.16 Å². The first-order valence-electron chi connectivity index (χ1n) is 5.55. The van der Waals surface area contributed by atoms with Gasteiger partial charge in [-0.25, -0.2) is 0 Å². The Hall–Kier alpha value is -0.530. The molecule has 2 nitrogen and oxygen atoms in total. The summed E-state index contributed by atoms with van der Waals surface area (Å²) in [5, 5.41) is 12.3. The summed E-state index contributed by atoms with van der Waals surface area (Å²) in [6.45, 7) is 0. The molecule has 2 heteroatoms. The molecular weight excluding hydrogens is 162 g/mol. The van der Waals surface area contributed by atoms with Crippen LogP contribution in [0.3, 0.4) is 0 Å². The molecule has 4 rings (SSSR count). The number of fused-ring (bicyclic) bond motifs is 6. The molecule has 2 bridgehead atoms. The van der Waals surface area contributed by atoms with E-state index in [1.54, 1.807) is 0 Å². The van der Waals surface area contributed by atoms with Crippen molar-refractivity contribution < 1.29 is 5.21 Å². The van der Waals surface area contributed by atoms with Crippen LogP contribution in [-0.4, -0.2) is 10.9 Å². The lowest BCUT2D eigenvalue weighted by Gasteiger charge is -2.48. The van der Waals surface area contributed by atoms with Gasteiger partial charge in [0.15, 0.2) is 0 Å². The summed E-state index contributed by atoms with van der Waals surface area (Å²) in [6.07, 6.45) is 6.92. The van der Waals surface area contributed by atoms with Gasteiger partial charge in [0.05, 0.1) is 5.71 Å². The first-order valence-corrected chi connectivity index (χ1v) is 5.55. The van der Waals surface area contributed by atoms with Crippen LogP contribution in [0.4, 0.5) is 0 Å². The summed E-state index contributed by atoms with van der Waals surface area (Å²) in [5.74, 6) is 3.55. The Morgan fingerprint density at radius 2 is 2.23 bits per heavy atom. The second kappa shape index (κ2) is 1.79. The second-order valence-corrected chi connectivity index (χ2v) is 5.65. The highest BCUT2D eigenvalue weighted by Gasteiger charge is 2.70. The van der Waals surface area contributed by atoms with E-state index in [0.29, 0.717) is 5.92 Å². The van der Waals surface area contributed by atoms with Crippen molar-refractivity contribution in [3.63, 3.8) is 0 Å². The summed E-state index contributed by atoms with van der Waals surface area (Å²) in [7, 11) is 0. The van der Waals surface area contributed by atoms with Gasteiger partial charge in [0.2, 0.25) is 0 Å². The Balaban J connectivity index is 1.70. The van der Waals surface area contributed by atoms with E-state index in [-0.39, 0.29) is 0 Å². The van der Waals surface area contributed by atoms with E-state index < -0.39 is 0 Å². The summed E-state index contributed by atoms with van der Waals surface area (Å²) >= 11 is 0. The quantitative estimate of drug-likeness (QED) is 0.447. The van der Waals surface area contributed by atoms with Gasteiger partial charge in [-0.3, -0.25) is 0 Å². The first kappa shape index (κ1) is 6.86. The summed E-state index contributed by atoms with van der Waals surface area (Å²) in [6, 6.07) is 0. The molecule has 0 radical (unpaired) electrons. The van der Waals surface area contributed by atoms with E-state index in [2.05, 4.69) is 5.16 Å². The van der Waals surface area contributed by atoms with Crippen LogP contribution in [0.25, 0.3) is 0 Å². The van der Waals surface area contributed by atoms with Gasteiger partial charge in [-0.1, -0.05) is 5.16 Å². The lowest BCUT2D eigenvalue weighted by atomic mass is 9.56. The number of hydrogen-bond acceptors (Lipinski definition) is 2. The van der Waals surface area contributed by atoms with Crippen molar-refractivity contribution in [1.29, 1.82) is 0 Å². The van der Waals surface area contributed by atoms with E-state index in [0.717, 1.165) is 35.3 Å². The molecule has 13 heavy (non-hydrogen) atoms.